The van der Waals surface area contributed by atoms with Gasteiger partial charge in [0.2, 0.25) is 0 Å². The number of ether oxygens (including phenoxy) is 4. The van der Waals surface area contributed by atoms with Crippen molar-refractivity contribution in [2.75, 3.05) is 41.0 Å². The van der Waals surface area contributed by atoms with Gasteiger partial charge >= 0.3 is 5.97 Å². The lowest BCUT2D eigenvalue weighted by atomic mass is 9.97. The molecule has 1 heterocycles. The predicted molar refractivity (Wildman–Crippen MR) is 90.7 cm³/mol. The second-order valence-corrected chi connectivity index (χ2v) is 5.85. The molecule has 0 radical (unpaired) electrons. The van der Waals surface area contributed by atoms with Gasteiger partial charge in [-0.1, -0.05) is 0 Å². The zero-order chi connectivity index (χ0) is 17.5. The Morgan fingerprint density at radius 1 is 1.12 bits per heavy atom. The Morgan fingerprint density at radius 3 is 2.42 bits per heavy atom. The van der Waals surface area contributed by atoms with E-state index >= 15 is 0 Å². The zero-order valence-electron chi connectivity index (χ0n) is 15.0. The fourth-order valence-electron chi connectivity index (χ4n) is 3.11. The summed E-state index contributed by atoms with van der Waals surface area (Å²) in [6, 6.07) is 3.77. The van der Waals surface area contributed by atoms with E-state index in [1.807, 2.05) is 19.1 Å². The Labute approximate surface area is 143 Å². The van der Waals surface area contributed by atoms with E-state index in [1.165, 1.54) is 0 Å². The van der Waals surface area contributed by atoms with E-state index in [-0.39, 0.29) is 11.9 Å². The van der Waals surface area contributed by atoms with Crippen LogP contribution in [-0.4, -0.2) is 51.9 Å². The number of carbonyl (C=O) groups is 1. The molecule has 134 valence electrons. The number of methoxy groups -OCH3 is 3. The summed E-state index contributed by atoms with van der Waals surface area (Å²) in [5.74, 6) is 1.92. The molecule has 1 aliphatic rings. The molecule has 1 aliphatic heterocycles. The number of rotatable bonds is 7. The highest BCUT2D eigenvalue weighted by molar-refractivity contribution is 5.72. The third-order valence-corrected chi connectivity index (χ3v) is 4.31. The standard InChI is InChI=1S/C18H27NO5/c1-5-24-18(20)13-7-6-8-19(11-13)12-14-9-16(22-3)17(23-4)10-15(14)21-2/h9-10,13H,5-8,11-12H2,1-4H3/t13-/m1/s1. The first-order chi connectivity index (χ1) is 11.6. The van der Waals surface area contributed by atoms with Crippen LogP contribution in [0.25, 0.3) is 0 Å². The fraction of sp³-hybridized carbons (Fsp3) is 0.611. The van der Waals surface area contributed by atoms with E-state index < -0.39 is 0 Å². The van der Waals surface area contributed by atoms with Crippen LogP contribution in [0.3, 0.4) is 0 Å². The zero-order valence-corrected chi connectivity index (χ0v) is 15.0. The van der Waals surface area contributed by atoms with Crippen LogP contribution in [0.1, 0.15) is 25.3 Å². The number of benzene rings is 1. The molecule has 1 fully saturated rings. The predicted octanol–water partition coefficient (Wildman–Crippen LogP) is 2.49. The van der Waals surface area contributed by atoms with E-state index in [0.29, 0.717) is 31.2 Å². The normalized spacial score (nSPS) is 18.1. The topological polar surface area (TPSA) is 57.2 Å². The molecule has 0 unspecified atom stereocenters. The maximum Gasteiger partial charge on any atom is 0.310 e. The Bertz CT molecular complexity index is 561. The average Bonchev–Trinajstić information content (AvgIpc) is 2.61. The minimum Gasteiger partial charge on any atom is -0.496 e. The van der Waals surface area contributed by atoms with Crippen LogP contribution in [0, 0.1) is 5.92 Å². The summed E-state index contributed by atoms with van der Waals surface area (Å²) in [6.07, 6.45) is 1.87. The van der Waals surface area contributed by atoms with Gasteiger partial charge in [0.1, 0.15) is 5.75 Å². The van der Waals surface area contributed by atoms with Gasteiger partial charge in [-0.05, 0) is 32.4 Å². The van der Waals surface area contributed by atoms with Gasteiger partial charge in [-0.25, -0.2) is 0 Å². The highest BCUT2D eigenvalue weighted by atomic mass is 16.5. The molecule has 0 N–H and O–H groups in total. The van der Waals surface area contributed by atoms with Crippen molar-refractivity contribution in [2.45, 2.75) is 26.3 Å². The molecule has 1 aromatic rings. The summed E-state index contributed by atoms with van der Waals surface area (Å²) < 4.78 is 21.4. The monoisotopic (exact) mass is 337 g/mol. The Kier molecular flexibility index (Phi) is 6.73. The molecule has 1 atom stereocenters. The van der Waals surface area contributed by atoms with Gasteiger partial charge in [0.25, 0.3) is 0 Å². The number of nitrogens with zero attached hydrogens (tertiary/aromatic N) is 1. The van der Waals surface area contributed by atoms with Crippen LogP contribution >= 0.6 is 0 Å². The van der Waals surface area contributed by atoms with Gasteiger partial charge in [-0.15, -0.1) is 0 Å². The number of piperidine rings is 1. The number of hydrogen-bond donors (Lipinski definition) is 0. The summed E-state index contributed by atoms with van der Waals surface area (Å²) >= 11 is 0. The summed E-state index contributed by atoms with van der Waals surface area (Å²) in [6.45, 7) is 4.62. The number of hydrogen-bond acceptors (Lipinski definition) is 6. The van der Waals surface area contributed by atoms with Crippen LogP contribution in [0.5, 0.6) is 17.2 Å². The lowest BCUT2D eigenvalue weighted by molar-refractivity contribution is -0.150. The fourth-order valence-corrected chi connectivity index (χ4v) is 3.11. The summed E-state index contributed by atoms with van der Waals surface area (Å²) in [5.41, 5.74) is 1.01. The van der Waals surface area contributed by atoms with Crippen molar-refractivity contribution in [3.63, 3.8) is 0 Å². The van der Waals surface area contributed by atoms with Gasteiger partial charge in [0.15, 0.2) is 11.5 Å². The second-order valence-electron chi connectivity index (χ2n) is 5.85. The molecule has 24 heavy (non-hydrogen) atoms. The van der Waals surface area contributed by atoms with Crippen LogP contribution in [0.2, 0.25) is 0 Å². The molecule has 0 aromatic heterocycles. The van der Waals surface area contributed by atoms with E-state index in [0.717, 1.165) is 30.7 Å². The molecule has 2 rings (SSSR count). The van der Waals surface area contributed by atoms with E-state index in [9.17, 15) is 4.79 Å². The molecule has 6 nitrogen and oxygen atoms in total. The van der Waals surface area contributed by atoms with Crippen molar-refractivity contribution in [2.24, 2.45) is 5.92 Å². The van der Waals surface area contributed by atoms with Gasteiger partial charge < -0.3 is 18.9 Å². The lowest BCUT2D eigenvalue weighted by Gasteiger charge is -2.32. The minimum absolute atomic E-state index is 0.0511. The van der Waals surface area contributed by atoms with Crippen LogP contribution in [0.4, 0.5) is 0 Å². The van der Waals surface area contributed by atoms with Crippen molar-refractivity contribution in [1.82, 2.24) is 4.90 Å². The summed E-state index contributed by atoms with van der Waals surface area (Å²) in [5, 5.41) is 0. The molecule has 1 aromatic carbocycles. The summed E-state index contributed by atoms with van der Waals surface area (Å²) in [7, 11) is 4.86. The van der Waals surface area contributed by atoms with E-state index in [2.05, 4.69) is 4.90 Å². The van der Waals surface area contributed by atoms with E-state index in [1.54, 1.807) is 21.3 Å². The van der Waals surface area contributed by atoms with Crippen LogP contribution < -0.4 is 14.2 Å². The lowest BCUT2D eigenvalue weighted by Crippen LogP contribution is -2.39. The Balaban J connectivity index is 2.13. The summed E-state index contributed by atoms with van der Waals surface area (Å²) in [4.78, 5) is 14.3. The van der Waals surface area contributed by atoms with Crippen molar-refractivity contribution >= 4 is 5.97 Å². The maximum absolute atomic E-state index is 12.0. The molecule has 0 aliphatic carbocycles. The molecule has 0 amide bonds. The van der Waals surface area contributed by atoms with Crippen molar-refractivity contribution in [3.05, 3.63) is 17.7 Å². The Morgan fingerprint density at radius 2 is 1.79 bits per heavy atom. The van der Waals surface area contributed by atoms with Crippen molar-refractivity contribution < 1.29 is 23.7 Å². The maximum atomic E-state index is 12.0. The molecule has 6 heteroatoms. The third-order valence-electron chi connectivity index (χ3n) is 4.31. The molecule has 0 saturated carbocycles. The SMILES string of the molecule is CCOC(=O)[C@@H]1CCCN(Cc2cc(OC)c(OC)cc2OC)C1. The highest BCUT2D eigenvalue weighted by Gasteiger charge is 2.27. The number of esters is 1. The van der Waals surface area contributed by atoms with Gasteiger partial charge in [0, 0.05) is 24.7 Å². The molecule has 1 saturated heterocycles. The quantitative estimate of drug-likeness (QED) is 0.713. The molecule has 0 bridgehead atoms. The number of carbonyl (C=O) groups excluding carboxylic acids is 1. The smallest absolute Gasteiger partial charge is 0.310 e. The van der Waals surface area contributed by atoms with Gasteiger partial charge in [-0.2, -0.15) is 0 Å². The van der Waals surface area contributed by atoms with Crippen molar-refractivity contribution in [1.29, 1.82) is 0 Å². The molecular formula is C18H27NO5. The second kappa shape index (κ2) is 8.78. The molecular weight excluding hydrogens is 310 g/mol. The highest BCUT2D eigenvalue weighted by Crippen LogP contribution is 2.35. The molecule has 0 spiro atoms. The van der Waals surface area contributed by atoms with Gasteiger partial charge in [-0.3, -0.25) is 9.69 Å². The average molecular weight is 337 g/mol. The number of likely N-dealkylation sites (tertiary alicyclic amines) is 1. The largest absolute Gasteiger partial charge is 0.496 e. The minimum atomic E-state index is -0.0959. The first-order valence-corrected chi connectivity index (χ1v) is 8.30. The third kappa shape index (κ3) is 4.32. The van der Waals surface area contributed by atoms with Crippen LogP contribution in [-0.2, 0) is 16.1 Å². The first-order valence-electron chi connectivity index (χ1n) is 8.30. The first kappa shape index (κ1) is 18.4. The van der Waals surface area contributed by atoms with Crippen LogP contribution in [0.15, 0.2) is 12.1 Å². The Hall–Kier alpha value is -1.95. The van der Waals surface area contributed by atoms with Gasteiger partial charge in [0.05, 0.1) is 33.9 Å². The van der Waals surface area contributed by atoms with Crippen molar-refractivity contribution in [3.8, 4) is 17.2 Å². The van der Waals surface area contributed by atoms with E-state index in [4.69, 9.17) is 18.9 Å².